The third-order valence-corrected chi connectivity index (χ3v) is 7.28. The first-order valence-electron chi connectivity index (χ1n) is 12.5. The zero-order chi connectivity index (χ0) is 26.7. The number of benzene rings is 3. The van der Waals surface area contributed by atoms with E-state index in [1.165, 1.54) is 29.3 Å². The lowest BCUT2D eigenvalue weighted by Gasteiger charge is -2.45. The first-order valence-corrected chi connectivity index (χ1v) is 13.0. The Morgan fingerprint density at radius 2 is 1.54 bits per heavy atom. The lowest BCUT2D eigenvalue weighted by atomic mass is 9.97. The van der Waals surface area contributed by atoms with Crippen molar-refractivity contribution in [2.45, 2.75) is 38.2 Å². The number of rotatable bonds is 3. The maximum Gasteiger partial charge on any atom is 0.331 e. The van der Waals surface area contributed by atoms with Crippen LogP contribution in [-0.2, 0) is 17.6 Å². The fourth-order valence-electron chi connectivity index (χ4n) is 4.84. The Morgan fingerprint density at radius 1 is 0.946 bits per heavy atom. The molecule has 3 atom stereocenters. The highest BCUT2D eigenvalue weighted by molar-refractivity contribution is 6.22. The maximum atomic E-state index is 12.4. The van der Waals surface area contributed by atoms with Gasteiger partial charge in [0.2, 0.25) is 0 Å². The van der Waals surface area contributed by atoms with E-state index in [-0.39, 0.29) is 23.4 Å². The molecule has 3 aromatic rings. The van der Waals surface area contributed by atoms with Crippen molar-refractivity contribution in [1.82, 2.24) is 10.2 Å². The molecule has 3 aliphatic heterocycles. The molecule has 0 spiro atoms. The number of piperazine rings is 1. The molecule has 0 saturated carbocycles. The van der Waals surface area contributed by atoms with Crippen LogP contribution in [0.2, 0.25) is 0 Å². The van der Waals surface area contributed by atoms with Crippen molar-refractivity contribution < 1.29 is 14.2 Å². The van der Waals surface area contributed by atoms with Crippen molar-refractivity contribution in [2.24, 2.45) is 0 Å². The summed E-state index contributed by atoms with van der Waals surface area (Å²) in [5, 5.41) is 14.9. The Hall–Kier alpha value is -3.03. The summed E-state index contributed by atoms with van der Waals surface area (Å²) in [5.41, 5.74) is 7.50. The third kappa shape index (κ3) is 6.65. The molecule has 2 amide bonds. The molecule has 0 aromatic heterocycles. The van der Waals surface area contributed by atoms with Crippen LogP contribution in [0.4, 0.5) is 0 Å². The second-order valence-electron chi connectivity index (χ2n) is 10.3. The standard InChI is InChI=1S/C21H26N2O2.C9H8ClNO/c1-15-11-16(2)13-19(12-15)18-7-5-17(6-8-18)14-20-21(24)23(4,25)10-9-22(20)3;10-8-5-6-1-3-7(4-2-6)9(12)11-8/h5-8,11-13,20H,9-10,14H2,1-4H3;1-4,8H,5H2,(H,11,12). The van der Waals surface area contributed by atoms with E-state index in [0.29, 0.717) is 31.5 Å². The van der Waals surface area contributed by atoms with Gasteiger partial charge >= 0.3 is 5.91 Å². The summed E-state index contributed by atoms with van der Waals surface area (Å²) in [7, 11) is 3.39. The number of hydroxylamine groups is 3. The van der Waals surface area contributed by atoms with E-state index in [2.05, 4.69) is 61.6 Å². The van der Waals surface area contributed by atoms with Crippen LogP contribution < -0.4 is 5.32 Å². The number of carbonyl (C=O) groups is 2. The van der Waals surface area contributed by atoms with Gasteiger partial charge in [-0.15, -0.1) is 0 Å². The number of hydrogen-bond acceptors (Lipinski definition) is 4. The molecule has 3 aromatic carbocycles. The summed E-state index contributed by atoms with van der Waals surface area (Å²) >= 11 is 5.85. The highest BCUT2D eigenvalue weighted by Crippen LogP contribution is 2.24. The van der Waals surface area contributed by atoms with Crippen LogP contribution in [0.25, 0.3) is 11.1 Å². The third-order valence-electron chi connectivity index (χ3n) is 7.02. The van der Waals surface area contributed by atoms with Crippen LogP contribution in [0.1, 0.15) is 32.6 Å². The minimum Gasteiger partial charge on any atom is -0.625 e. The van der Waals surface area contributed by atoms with E-state index in [4.69, 9.17) is 11.6 Å². The number of aryl methyl sites for hydroxylation is 2. The minimum atomic E-state index is -0.768. The van der Waals surface area contributed by atoms with Gasteiger partial charge in [0.05, 0.1) is 13.6 Å². The lowest BCUT2D eigenvalue weighted by Crippen LogP contribution is -2.62. The summed E-state index contributed by atoms with van der Waals surface area (Å²) in [5.74, 6) is -0.339. The Labute approximate surface area is 224 Å². The molecule has 3 aliphatic rings. The first-order chi connectivity index (χ1) is 17.5. The molecular formula is C30H34ClN3O3. The Balaban J connectivity index is 0.000000222. The van der Waals surface area contributed by atoms with Crippen molar-refractivity contribution in [3.63, 3.8) is 0 Å². The van der Waals surface area contributed by atoms with E-state index in [1.807, 2.05) is 36.2 Å². The number of alkyl halides is 1. The summed E-state index contributed by atoms with van der Waals surface area (Å²) in [6, 6.07) is 22.0. The lowest BCUT2D eigenvalue weighted by molar-refractivity contribution is -0.788. The van der Waals surface area contributed by atoms with Crippen molar-refractivity contribution in [1.29, 1.82) is 0 Å². The maximum absolute atomic E-state index is 12.4. The van der Waals surface area contributed by atoms with Gasteiger partial charge in [-0.25, -0.2) is 4.79 Å². The molecule has 6 nitrogen and oxygen atoms in total. The van der Waals surface area contributed by atoms with Gasteiger partial charge in [-0.05, 0) is 55.3 Å². The minimum absolute atomic E-state index is 0.0961. The van der Waals surface area contributed by atoms with Crippen molar-refractivity contribution >= 4 is 23.4 Å². The van der Waals surface area contributed by atoms with E-state index in [0.717, 1.165) is 11.1 Å². The predicted molar refractivity (Wildman–Crippen MR) is 148 cm³/mol. The quantitative estimate of drug-likeness (QED) is 0.233. The van der Waals surface area contributed by atoms with E-state index >= 15 is 0 Å². The van der Waals surface area contributed by atoms with E-state index < -0.39 is 4.65 Å². The average molecular weight is 520 g/mol. The summed E-state index contributed by atoms with van der Waals surface area (Å²) in [6.07, 6.45) is 1.27. The van der Waals surface area contributed by atoms with Crippen LogP contribution in [-0.4, -0.2) is 60.1 Å². The smallest absolute Gasteiger partial charge is 0.331 e. The molecule has 7 heteroatoms. The summed E-state index contributed by atoms with van der Waals surface area (Å²) in [4.78, 5) is 25.7. The molecule has 194 valence electrons. The van der Waals surface area contributed by atoms with E-state index in [1.54, 1.807) is 0 Å². The largest absolute Gasteiger partial charge is 0.625 e. The number of halogens is 1. The van der Waals surface area contributed by atoms with Gasteiger partial charge < -0.3 is 10.5 Å². The second kappa shape index (κ2) is 11.2. The summed E-state index contributed by atoms with van der Waals surface area (Å²) < 4.78 is -0.768. The normalized spacial score (nSPS) is 23.5. The number of nitrogens with one attached hydrogen (secondary N) is 1. The van der Waals surface area contributed by atoms with Gasteiger partial charge in [0, 0.05) is 24.9 Å². The average Bonchev–Trinajstić information content (AvgIpc) is 2.84. The predicted octanol–water partition coefficient (Wildman–Crippen LogP) is 4.84. The van der Waals surface area contributed by atoms with Crippen LogP contribution >= 0.6 is 11.6 Å². The molecule has 37 heavy (non-hydrogen) atoms. The van der Waals surface area contributed by atoms with Crippen LogP contribution in [0.5, 0.6) is 0 Å². The molecule has 3 unspecified atom stereocenters. The Bertz CT molecular complexity index is 1250. The zero-order valence-electron chi connectivity index (χ0n) is 21.8. The van der Waals surface area contributed by atoms with E-state index in [9.17, 15) is 14.8 Å². The molecule has 6 rings (SSSR count). The highest BCUT2D eigenvalue weighted by atomic mass is 35.5. The molecule has 0 radical (unpaired) electrons. The summed E-state index contributed by atoms with van der Waals surface area (Å²) in [6.45, 7) is 5.19. The van der Waals surface area contributed by atoms with Crippen LogP contribution in [0.3, 0.4) is 0 Å². The topological polar surface area (TPSA) is 72.5 Å². The highest BCUT2D eigenvalue weighted by Gasteiger charge is 2.39. The fourth-order valence-corrected chi connectivity index (χ4v) is 5.11. The number of quaternary nitrogens is 1. The second-order valence-corrected chi connectivity index (χ2v) is 10.8. The van der Waals surface area contributed by atoms with Gasteiger partial charge in [0.15, 0.2) is 0 Å². The van der Waals surface area contributed by atoms with Crippen molar-refractivity contribution in [2.75, 3.05) is 27.2 Å². The van der Waals surface area contributed by atoms with Crippen molar-refractivity contribution in [3.8, 4) is 11.1 Å². The molecule has 0 aliphatic carbocycles. The van der Waals surface area contributed by atoms with Gasteiger partial charge in [0.1, 0.15) is 11.5 Å². The number of carbonyl (C=O) groups excluding carboxylic acids is 2. The molecule has 1 saturated heterocycles. The fraction of sp³-hybridized carbons (Fsp3) is 0.333. The number of amides is 2. The van der Waals surface area contributed by atoms with Gasteiger partial charge in [0.25, 0.3) is 5.91 Å². The molecule has 1 fully saturated rings. The number of nitrogens with zero attached hydrogens (tertiary/aromatic N) is 2. The van der Waals surface area contributed by atoms with Gasteiger partial charge in [-0.3, -0.25) is 14.3 Å². The number of fused-ring (bicyclic) bond motifs is 5. The SMILES string of the molecule is Cc1cc(C)cc(-c2ccc(CC3C(=O)[N+](C)([O-])CCN3C)cc2)c1.O=C1NC(Cl)Cc2ccc1cc2. The van der Waals surface area contributed by atoms with Crippen LogP contribution in [0, 0.1) is 19.1 Å². The first kappa shape index (κ1) is 27.0. The monoisotopic (exact) mass is 519 g/mol. The Kier molecular flexibility index (Phi) is 8.14. The van der Waals surface area contributed by atoms with Gasteiger partial charge in [-0.1, -0.05) is 77.3 Å². The zero-order valence-corrected chi connectivity index (χ0v) is 22.6. The molecule has 3 heterocycles. The number of hydrogen-bond donors (Lipinski definition) is 1. The molecular weight excluding hydrogens is 486 g/mol. The molecule has 2 bridgehead atoms. The molecule has 1 N–H and O–H groups in total. The Morgan fingerprint density at radius 3 is 2.16 bits per heavy atom. The van der Waals surface area contributed by atoms with Gasteiger partial charge in [-0.2, -0.15) is 0 Å². The van der Waals surface area contributed by atoms with Crippen LogP contribution in [0.15, 0.2) is 66.7 Å². The number of likely N-dealkylation sites (N-methyl/N-ethyl adjacent to an activating group) is 2. The van der Waals surface area contributed by atoms with Crippen molar-refractivity contribution in [3.05, 3.63) is 99.8 Å².